The van der Waals surface area contributed by atoms with Crippen LogP contribution in [0.2, 0.25) is 0 Å². The first-order valence-corrected chi connectivity index (χ1v) is 11.2. The summed E-state index contributed by atoms with van der Waals surface area (Å²) >= 11 is 0. The van der Waals surface area contributed by atoms with E-state index in [0.717, 1.165) is 50.7 Å². The van der Waals surface area contributed by atoms with Crippen LogP contribution in [0.1, 0.15) is 55.3 Å². The zero-order chi connectivity index (χ0) is 24.1. The average Bonchev–Trinajstić information content (AvgIpc) is 2.70. The minimum atomic E-state index is -5.80. The van der Waals surface area contributed by atoms with Gasteiger partial charge in [-0.3, -0.25) is 10.1 Å². The molecule has 0 spiro atoms. The number of hydrogen-bond acceptors (Lipinski definition) is 3. The molecule has 4 nitrogen and oxygen atoms in total. The van der Waals surface area contributed by atoms with Crippen molar-refractivity contribution in [2.45, 2.75) is 63.0 Å². The molecular formula is C23H28F6N2O2. The van der Waals surface area contributed by atoms with E-state index >= 15 is 0 Å². The third kappa shape index (κ3) is 4.55. The van der Waals surface area contributed by atoms with Crippen molar-refractivity contribution in [1.82, 2.24) is 10.6 Å². The number of alkyl halides is 6. The van der Waals surface area contributed by atoms with Gasteiger partial charge in [0, 0.05) is 5.56 Å². The molecule has 1 aromatic rings. The predicted octanol–water partition coefficient (Wildman–Crippen LogP) is 5.44. The molecule has 184 valence electrons. The number of methoxy groups -OCH3 is 1. The number of benzene rings is 1. The first-order valence-electron chi connectivity index (χ1n) is 11.2. The fourth-order valence-electron chi connectivity index (χ4n) is 6.64. The maximum absolute atomic E-state index is 13.9. The Morgan fingerprint density at radius 1 is 0.939 bits per heavy atom. The minimum Gasteiger partial charge on any atom is -0.497 e. The Kier molecular flexibility index (Phi) is 6.12. The zero-order valence-corrected chi connectivity index (χ0v) is 18.3. The fraction of sp³-hybridized carbons (Fsp3) is 0.696. The molecule has 1 amide bonds. The molecule has 1 aromatic carbocycles. The Hall–Kier alpha value is -1.97. The van der Waals surface area contributed by atoms with Crippen molar-refractivity contribution in [2.75, 3.05) is 13.7 Å². The van der Waals surface area contributed by atoms with E-state index in [1.165, 1.54) is 24.6 Å². The number of ether oxygens (including phenoxy) is 1. The maximum Gasteiger partial charge on any atom is 0.434 e. The smallest absolute Gasteiger partial charge is 0.434 e. The fourth-order valence-corrected chi connectivity index (χ4v) is 6.64. The first kappa shape index (κ1) is 24.2. The molecule has 0 heterocycles. The largest absolute Gasteiger partial charge is 0.497 e. The van der Waals surface area contributed by atoms with Crippen molar-refractivity contribution in [2.24, 2.45) is 23.2 Å². The number of carbonyl (C=O) groups excluding carboxylic acids is 1. The second-order valence-corrected chi connectivity index (χ2v) is 10.0. The van der Waals surface area contributed by atoms with Crippen LogP contribution in [0, 0.1) is 23.2 Å². The van der Waals surface area contributed by atoms with Gasteiger partial charge in [-0.15, -0.1) is 0 Å². The summed E-state index contributed by atoms with van der Waals surface area (Å²) in [7, 11) is 1.35. The summed E-state index contributed by atoms with van der Waals surface area (Å²) in [4.78, 5) is 12.4. The molecule has 4 bridgehead atoms. The van der Waals surface area contributed by atoms with Gasteiger partial charge in [-0.1, -0.05) is 0 Å². The third-order valence-corrected chi connectivity index (χ3v) is 7.71. The van der Waals surface area contributed by atoms with E-state index in [-0.39, 0.29) is 17.4 Å². The molecule has 4 aliphatic rings. The van der Waals surface area contributed by atoms with Crippen LogP contribution in [-0.4, -0.2) is 37.6 Å². The van der Waals surface area contributed by atoms with Gasteiger partial charge >= 0.3 is 12.4 Å². The van der Waals surface area contributed by atoms with Gasteiger partial charge in [0.05, 0.1) is 7.11 Å². The lowest BCUT2D eigenvalue weighted by Gasteiger charge is -2.57. The molecule has 0 saturated heterocycles. The number of amides is 1. The van der Waals surface area contributed by atoms with E-state index in [1.54, 1.807) is 5.32 Å². The van der Waals surface area contributed by atoms with Gasteiger partial charge in [-0.2, -0.15) is 26.3 Å². The van der Waals surface area contributed by atoms with E-state index in [4.69, 9.17) is 4.74 Å². The summed E-state index contributed by atoms with van der Waals surface area (Å²) in [6.45, 7) is -0.492. The Labute approximate surface area is 188 Å². The van der Waals surface area contributed by atoms with Crippen LogP contribution in [0.4, 0.5) is 26.3 Å². The van der Waals surface area contributed by atoms with Crippen LogP contribution in [0.25, 0.3) is 0 Å². The number of rotatable bonds is 7. The molecule has 10 heteroatoms. The van der Waals surface area contributed by atoms with E-state index in [2.05, 4.69) is 0 Å². The molecule has 4 fully saturated rings. The van der Waals surface area contributed by atoms with Crippen LogP contribution in [0.3, 0.4) is 0 Å². The Bertz CT molecular complexity index is 816. The SMILES string of the molecule is COc1ccc(C(=O)NC(NCCC23CC4CC(CC(C4)C2)C3)(C(F)(F)F)C(F)(F)F)cc1. The number of carbonyl (C=O) groups is 1. The summed E-state index contributed by atoms with van der Waals surface area (Å²) in [5.74, 6) is 0.427. The molecule has 0 aromatic heterocycles. The second kappa shape index (κ2) is 8.36. The zero-order valence-electron chi connectivity index (χ0n) is 18.3. The highest BCUT2D eigenvalue weighted by molar-refractivity contribution is 5.95. The minimum absolute atomic E-state index is 0.204. The normalized spacial score (nSPS) is 29.2. The van der Waals surface area contributed by atoms with Crippen molar-refractivity contribution in [3.63, 3.8) is 0 Å². The summed E-state index contributed by atoms with van der Waals surface area (Å²) in [5, 5.41) is 2.94. The van der Waals surface area contributed by atoms with Gasteiger partial charge in [-0.25, -0.2) is 0 Å². The summed E-state index contributed by atoms with van der Waals surface area (Å²) < 4.78 is 88.5. The van der Waals surface area contributed by atoms with Crippen LogP contribution < -0.4 is 15.4 Å². The molecule has 0 radical (unpaired) electrons. The Morgan fingerprint density at radius 2 is 1.42 bits per heavy atom. The molecule has 0 atom stereocenters. The highest BCUT2D eigenvalue weighted by Crippen LogP contribution is 2.61. The molecular weight excluding hydrogens is 450 g/mol. The average molecular weight is 478 g/mol. The number of nitrogens with one attached hydrogen (secondary N) is 2. The van der Waals surface area contributed by atoms with E-state index in [0.29, 0.717) is 23.5 Å². The predicted molar refractivity (Wildman–Crippen MR) is 109 cm³/mol. The quantitative estimate of drug-likeness (QED) is 0.405. The van der Waals surface area contributed by atoms with Gasteiger partial charge in [0.2, 0.25) is 0 Å². The second-order valence-electron chi connectivity index (χ2n) is 10.0. The van der Waals surface area contributed by atoms with Crippen molar-refractivity contribution < 1.29 is 35.9 Å². The Balaban J connectivity index is 1.52. The molecule has 4 aliphatic carbocycles. The van der Waals surface area contributed by atoms with Crippen molar-refractivity contribution in [1.29, 1.82) is 0 Å². The van der Waals surface area contributed by atoms with Crippen molar-refractivity contribution in [3.05, 3.63) is 29.8 Å². The lowest BCUT2D eigenvalue weighted by Crippen LogP contribution is -2.75. The van der Waals surface area contributed by atoms with E-state index in [9.17, 15) is 31.1 Å². The molecule has 0 unspecified atom stereocenters. The highest BCUT2D eigenvalue weighted by atomic mass is 19.4. The molecule has 4 saturated carbocycles. The van der Waals surface area contributed by atoms with Gasteiger partial charge < -0.3 is 10.1 Å². The summed E-state index contributed by atoms with van der Waals surface area (Å²) in [6, 6.07) is 4.80. The van der Waals surface area contributed by atoms with E-state index < -0.39 is 30.5 Å². The maximum atomic E-state index is 13.9. The van der Waals surface area contributed by atoms with Crippen molar-refractivity contribution in [3.8, 4) is 5.75 Å². The molecule has 0 aliphatic heterocycles. The van der Waals surface area contributed by atoms with Gasteiger partial charge in [0.1, 0.15) is 5.75 Å². The molecule has 5 rings (SSSR count). The summed E-state index contributed by atoms with van der Waals surface area (Å²) in [6.07, 6.45) is -5.40. The standard InChI is InChI=1S/C23H28F6N2O2/c1-33-18-4-2-17(3-5-18)19(32)31-21(22(24,25)26,23(27,28)29)30-7-6-20-11-14-8-15(12-20)10-16(9-14)13-20/h2-5,14-16,30H,6-13H2,1H3,(H,31,32). The van der Waals surface area contributed by atoms with Crippen LogP contribution in [-0.2, 0) is 0 Å². The third-order valence-electron chi connectivity index (χ3n) is 7.71. The highest BCUT2D eigenvalue weighted by Gasteiger charge is 2.72. The van der Waals surface area contributed by atoms with Gasteiger partial charge in [-0.05, 0) is 98.9 Å². The number of hydrogen-bond donors (Lipinski definition) is 2. The molecule has 2 N–H and O–H groups in total. The lowest BCUT2D eigenvalue weighted by atomic mass is 9.49. The van der Waals surface area contributed by atoms with Crippen LogP contribution >= 0.6 is 0 Å². The molecule has 33 heavy (non-hydrogen) atoms. The lowest BCUT2D eigenvalue weighted by molar-refractivity contribution is -0.314. The van der Waals surface area contributed by atoms with E-state index in [1.807, 2.05) is 0 Å². The van der Waals surface area contributed by atoms with Crippen LogP contribution in [0.5, 0.6) is 5.75 Å². The monoisotopic (exact) mass is 478 g/mol. The summed E-state index contributed by atoms with van der Waals surface area (Å²) in [5.41, 5.74) is -5.08. The topological polar surface area (TPSA) is 50.4 Å². The van der Waals surface area contributed by atoms with Crippen molar-refractivity contribution >= 4 is 5.91 Å². The first-order chi connectivity index (χ1) is 15.4. The van der Waals surface area contributed by atoms with Gasteiger partial charge in [0.25, 0.3) is 11.6 Å². The Morgan fingerprint density at radius 3 is 1.85 bits per heavy atom. The van der Waals surface area contributed by atoms with Crippen LogP contribution in [0.15, 0.2) is 24.3 Å². The number of halogens is 6. The van der Waals surface area contributed by atoms with Gasteiger partial charge in [0.15, 0.2) is 0 Å².